The predicted octanol–water partition coefficient (Wildman–Crippen LogP) is 3.97. The molecular weight excluding hydrogens is 386 g/mol. The number of carbonyl (C=O) groups is 1. The summed E-state index contributed by atoms with van der Waals surface area (Å²) in [6.45, 7) is 3.84. The van der Waals surface area contributed by atoms with Crippen molar-refractivity contribution in [1.29, 1.82) is 0 Å². The molecule has 0 unspecified atom stereocenters. The molecule has 0 aliphatic heterocycles. The van der Waals surface area contributed by atoms with Gasteiger partial charge in [0.1, 0.15) is 0 Å². The van der Waals surface area contributed by atoms with Crippen LogP contribution in [0.15, 0.2) is 45.1 Å². The highest BCUT2D eigenvalue weighted by atomic mass is 79.9. The first kappa shape index (κ1) is 17.2. The van der Waals surface area contributed by atoms with Crippen LogP contribution in [0.2, 0.25) is 0 Å². The van der Waals surface area contributed by atoms with Gasteiger partial charge in [0, 0.05) is 18.0 Å². The summed E-state index contributed by atoms with van der Waals surface area (Å²) in [5.74, 6) is -0.0993. The normalized spacial score (nSPS) is 11.7. The number of sulfone groups is 1. The fraction of sp³-hybridized carbons (Fsp3) is 0.267. The second-order valence-corrected chi connectivity index (χ2v) is 9.62. The van der Waals surface area contributed by atoms with Crippen LogP contribution in [-0.2, 0) is 9.84 Å². The van der Waals surface area contributed by atoms with E-state index in [1.54, 1.807) is 23.1 Å². The maximum atomic E-state index is 12.7. The summed E-state index contributed by atoms with van der Waals surface area (Å²) in [6.07, 6.45) is 1.16. The predicted molar refractivity (Wildman–Crippen MR) is 93.5 cm³/mol. The molecule has 0 fully saturated rings. The average Bonchev–Trinajstić information content (AvgIpc) is 2.85. The Balaban J connectivity index is 2.38. The van der Waals surface area contributed by atoms with Gasteiger partial charge in [-0.3, -0.25) is 4.79 Å². The third-order valence-corrected chi connectivity index (χ3v) is 5.80. The SMILES string of the molecule is CC(C)N(C(=O)c1ccc(Br)s1)c1ccc(S(C)(=O)=O)cc1. The highest BCUT2D eigenvalue weighted by Gasteiger charge is 2.22. The van der Waals surface area contributed by atoms with Gasteiger partial charge < -0.3 is 4.90 Å². The Labute approximate surface area is 142 Å². The first-order chi connectivity index (χ1) is 10.2. The number of carbonyl (C=O) groups excluding carboxylic acids is 1. The minimum atomic E-state index is -3.24. The Hall–Kier alpha value is -1.18. The molecule has 0 aliphatic rings. The van der Waals surface area contributed by atoms with Crippen LogP contribution < -0.4 is 4.90 Å². The molecule has 2 aromatic rings. The van der Waals surface area contributed by atoms with Gasteiger partial charge in [-0.05, 0) is 66.2 Å². The van der Waals surface area contributed by atoms with E-state index >= 15 is 0 Å². The van der Waals surface area contributed by atoms with Crippen molar-refractivity contribution in [3.63, 3.8) is 0 Å². The Morgan fingerprint density at radius 3 is 2.14 bits per heavy atom. The second-order valence-electron chi connectivity index (χ2n) is 5.14. The minimum absolute atomic E-state index is 0.0440. The largest absolute Gasteiger partial charge is 0.305 e. The summed E-state index contributed by atoms with van der Waals surface area (Å²) in [7, 11) is -3.24. The number of benzene rings is 1. The number of halogens is 1. The zero-order valence-electron chi connectivity index (χ0n) is 12.4. The van der Waals surface area contributed by atoms with E-state index in [4.69, 9.17) is 0 Å². The lowest BCUT2D eigenvalue weighted by Gasteiger charge is -2.26. The van der Waals surface area contributed by atoms with E-state index < -0.39 is 9.84 Å². The van der Waals surface area contributed by atoms with Crippen LogP contribution in [0.1, 0.15) is 23.5 Å². The van der Waals surface area contributed by atoms with E-state index in [1.165, 1.54) is 23.5 Å². The van der Waals surface area contributed by atoms with Gasteiger partial charge in [0.15, 0.2) is 9.84 Å². The van der Waals surface area contributed by atoms with Crippen molar-refractivity contribution >= 4 is 48.7 Å². The number of rotatable bonds is 4. The lowest BCUT2D eigenvalue weighted by atomic mass is 10.2. The second kappa shape index (κ2) is 6.52. The lowest BCUT2D eigenvalue weighted by Crippen LogP contribution is -2.36. The van der Waals surface area contributed by atoms with Crippen molar-refractivity contribution in [2.75, 3.05) is 11.2 Å². The fourth-order valence-corrected chi connectivity index (χ4v) is 4.01. The van der Waals surface area contributed by atoms with Crippen molar-refractivity contribution < 1.29 is 13.2 Å². The summed E-state index contributed by atoms with van der Waals surface area (Å²) >= 11 is 4.73. The molecule has 2 rings (SSSR count). The van der Waals surface area contributed by atoms with Gasteiger partial charge in [0.25, 0.3) is 5.91 Å². The van der Waals surface area contributed by atoms with Gasteiger partial charge in [-0.15, -0.1) is 11.3 Å². The van der Waals surface area contributed by atoms with Crippen molar-refractivity contribution in [2.45, 2.75) is 24.8 Å². The van der Waals surface area contributed by atoms with Crippen molar-refractivity contribution in [3.8, 4) is 0 Å². The zero-order chi connectivity index (χ0) is 16.5. The van der Waals surface area contributed by atoms with Gasteiger partial charge >= 0.3 is 0 Å². The van der Waals surface area contributed by atoms with Crippen LogP contribution in [0.5, 0.6) is 0 Å². The summed E-state index contributed by atoms with van der Waals surface area (Å²) in [4.78, 5) is 15.2. The number of anilines is 1. The van der Waals surface area contributed by atoms with E-state index in [-0.39, 0.29) is 16.8 Å². The topological polar surface area (TPSA) is 54.5 Å². The molecule has 0 saturated carbocycles. The van der Waals surface area contributed by atoms with Crippen LogP contribution in [0.25, 0.3) is 0 Å². The van der Waals surface area contributed by atoms with E-state index in [1.807, 2.05) is 19.9 Å². The molecule has 4 nitrogen and oxygen atoms in total. The van der Waals surface area contributed by atoms with Crippen molar-refractivity contribution in [1.82, 2.24) is 0 Å². The van der Waals surface area contributed by atoms with Crippen LogP contribution in [-0.4, -0.2) is 26.6 Å². The standard InChI is InChI=1S/C15H16BrNO3S2/c1-10(2)17(15(18)13-8-9-14(16)21-13)11-4-6-12(7-5-11)22(3,19)20/h4-10H,1-3H3. The molecule has 118 valence electrons. The average molecular weight is 402 g/mol. The highest BCUT2D eigenvalue weighted by molar-refractivity contribution is 9.11. The molecule has 0 saturated heterocycles. The summed E-state index contributed by atoms with van der Waals surface area (Å²) in [5, 5.41) is 0. The summed E-state index contributed by atoms with van der Waals surface area (Å²) in [6, 6.07) is 9.95. The van der Waals surface area contributed by atoms with E-state index in [2.05, 4.69) is 15.9 Å². The van der Waals surface area contributed by atoms with E-state index in [0.29, 0.717) is 10.6 Å². The molecule has 1 aromatic heterocycles. The van der Waals surface area contributed by atoms with Crippen molar-refractivity contribution in [2.24, 2.45) is 0 Å². The fourth-order valence-electron chi connectivity index (χ4n) is 2.05. The zero-order valence-corrected chi connectivity index (χ0v) is 15.6. The summed E-state index contributed by atoms with van der Waals surface area (Å²) in [5.41, 5.74) is 0.678. The smallest absolute Gasteiger partial charge is 0.268 e. The van der Waals surface area contributed by atoms with Gasteiger partial charge in [0.2, 0.25) is 0 Å². The molecule has 1 amide bonds. The van der Waals surface area contributed by atoms with Gasteiger partial charge in [-0.2, -0.15) is 0 Å². The number of amides is 1. The maximum absolute atomic E-state index is 12.7. The van der Waals surface area contributed by atoms with Crippen LogP contribution in [0, 0.1) is 0 Å². The molecule has 0 atom stereocenters. The van der Waals surface area contributed by atoms with Crippen LogP contribution >= 0.6 is 27.3 Å². The molecule has 7 heteroatoms. The Morgan fingerprint density at radius 1 is 1.14 bits per heavy atom. The van der Waals surface area contributed by atoms with Gasteiger partial charge in [0.05, 0.1) is 13.6 Å². The van der Waals surface area contributed by atoms with Crippen LogP contribution in [0.4, 0.5) is 5.69 Å². The molecule has 22 heavy (non-hydrogen) atoms. The first-order valence-corrected chi connectivity index (χ1v) is 10.1. The molecule has 0 radical (unpaired) electrons. The molecule has 1 heterocycles. The maximum Gasteiger partial charge on any atom is 0.268 e. The number of nitrogens with zero attached hydrogens (tertiary/aromatic N) is 1. The molecule has 1 aromatic carbocycles. The van der Waals surface area contributed by atoms with Crippen molar-refractivity contribution in [3.05, 3.63) is 45.1 Å². The summed E-state index contributed by atoms with van der Waals surface area (Å²) < 4.78 is 23.9. The quantitative estimate of drug-likeness (QED) is 0.778. The Bertz CT molecular complexity index is 779. The van der Waals surface area contributed by atoms with Crippen LogP contribution in [0.3, 0.4) is 0 Å². The highest BCUT2D eigenvalue weighted by Crippen LogP contribution is 2.27. The third-order valence-electron chi connectivity index (χ3n) is 3.06. The van der Waals surface area contributed by atoms with E-state index in [0.717, 1.165) is 10.0 Å². The number of hydrogen-bond donors (Lipinski definition) is 0. The number of hydrogen-bond acceptors (Lipinski definition) is 4. The molecule has 0 aliphatic carbocycles. The number of thiophene rings is 1. The van der Waals surface area contributed by atoms with Gasteiger partial charge in [-0.25, -0.2) is 8.42 Å². The molecular formula is C15H16BrNO3S2. The lowest BCUT2D eigenvalue weighted by molar-refractivity contribution is 0.0984. The molecule has 0 spiro atoms. The monoisotopic (exact) mass is 401 g/mol. The molecule has 0 N–H and O–H groups in total. The Morgan fingerprint density at radius 2 is 1.73 bits per heavy atom. The third kappa shape index (κ3) is 3.77. The van der Waals surface area contributed by atoms with Gasteiger partial charge in [-0.1, -0.05) is 0 Å². The van der Waals surface area contributed by atoms with E-state index in [9.17, 15) is 13.2 Å². The molecule has 0 bridgehead atoms. The Kier molecular flexibility index (Phi) is 5.09. The minimum Gasteiger partial charge on any atom is -0.305 e. The first-order valence-electron chi connectivity index (χ1n) is 6.59.